The highest BCUT2D eigenvalue weighted by molar-refractivity contribution is 14.1. The van der Waals surface area contributed by atoms with Gasteiger partial charge in [-0.15, -0.1) is 0 Å². The smallest absolute Gasteiger partial charge is 0.226 e. The van der Waals surface area contributed by atoms with Crippen molar-refractivity contribution >= 4 is 45.1 Å². The molecule has 6 rings (SSSR count). The van der Waals surface area contributed by atoms with E-state index >= 15 is 0 Å². The highest BCUT2D eigenvalue weighted by Crippen LogP contribution is 2.38. The standard InChI is InChI=1S/C38H40IN3O/c1-27(2)38(43)40-32-11-8-10-30(26-32)28-21-24-41(25-22-28)23-9-15-35-34-14-6-7-16-36(34)42(33-12-4-3-5-13-33)37(35)29-17-19-31(39)20-18-29/h3-8,10-14,16-20,26-28H,9,15,21-25H2,1-2H3,(H,40,43). The van der Waals surface area contributed by atoms with Gasteiger partial charge in [0.25, 0.3) is 0 Å². The number of para-hydroxylation sites is 2. The second-order valence-electron chi connectivity index (χ2n) is 12.0. The number of fused-ring (bicyclic) bond motifs is 1. The number of rotatable bonds is 9. The molecule has 1 fully saturated rings. The second-order valence-corrected chi connectivity index (χ2v) is 13.3. The minimum absolute atomic E-state index is 0.0190. The first-order valence-corrected chi connectivity index (χ1v) is 16.6. The quantitative estimate of drug-likeness (QED) is 0.158. The molecule has 0 unspecified atom stereocenters. The van der Waals surface area contributed by atoms with E-state index in [1.54, 1.807) is 0 Å². The van der Waals surface area contributed by atoms with Crippen LogP contribution >= 0.6 is 22.6 Å². The van der Waals surface area contributed by atoms with Gasteiger partial charge >= 0.3 is 0 Å². The van der Waals surface area contributed by atoms with E-state index < -0.39 is 0 Å². The van der Waals surface area contributed by atoms with Crippen molar-refractivity contribution in [2.75, 3.05) is 25.0 Å². The molecule has 0 saturated carbocycles. The number of anilines is 1. The van der Waals surface area contributed by atoms with Gasteiger partial charge in [-0.1, -0.05) is 74.5 Å². The number of aryl methyl sites for hydroxylation is 1. The van der Waals surface area contributed by atoms with Crippen LogP contribution in [0.5, 0.6) is 0 Å². The average molecular weight is 682 g/mol. The van der Waals surface area contributed by atoms with Crippen LogP contribution < -0.4 is 5.32 Å². The van der Waals surface area contributed by atoms with Gasteiger partial charge < -0.3 is 14.8 Å². The first-order chi connectivity index (χ1) is 21.0. The van der Waals surface area contributed by atoms with Gasteiger partial charge in [0.1, 0.15) is 0 Å². The molecule has 2 heterocycles. The Morgan fingerprint density at radius 2 is 1.60 bits per heavy atom. The summed E-state index contributed by atoms with van der Waals surface area (Å²) in [5.41, 5.74) is 8.75. The van der Waals surface area contributed by atoms with Crippen LogP contribution in [-0.2, 0) is 11.2 Å². The Hall–Kier alpha value is -3.42. The molecule has 0 atom stereocenters. The molecule has 1 saturated heterocycles. The lowest BCUT2D eigenvalue weighted by molar-refractivity contribution is -0.118. The molecule has 4 aromatic carbocycles. The zero-order valence-electron chi connectivity index (χ0n) is 25.1. The van der Waals surface area contributed by atoms with Gasteiger partial charge in [-0.2, -0.15) is 0 Å². The summed E-state index contributed by atoms with van der Waals surface area (Å²) >= 11 is 2.39. The number of carbonyl (C=O) groups is 1. The molecule has 0 bridgehead atoms. The van der Waals surface area contributed by atoms with Crippen LogP contribution in [0.4, 0.5) is 5.69 Å². The molecule has 4 nitrogen and oxygen atoms in total. The number of hydrogen-bond acceptors (Lipinski definition) is 2. The zero-order chi connectivity index (χ0) is 29.8. The summed E-state index contributed by atoms with van der Waals surface area (Å²) in [6, 6.07) is 37.1. The first-order valence-electron chi connectivity index (χ1n) is 15.5. The Bertz CT molecular complexity index is 1680. The molecule has 1 amide bonds. The number of nitrogens with zero attached hydrogens (tertiary/aromatic N) is 2. The maximum Gasteiger partial charge on any atom is 0.226 e. The summed E-state index contributed by atoms with van der Waals surface area (Å²) in [4.78, 5) is 14.8. The molecule has 5 heteroatoms. The van der Waals surface area contributed by atoms with Crippen molar-refractivity contribution in [2.24, 2.45) is 5.92 Å². The molecule has 1 aliphatic rings. The van der Waals surface area contributed by atoms with Gasteiger partial charge in [-0.3, -0.25) is 4.79 Å². The van der Waals surface area contributed by atoms with E-state index in [0.717, 1.165) is 51.0 Å². The maximum absolute atomic E-state index is 12.2. The summed E-state index contributed by atoms with van der Waals surface area (Å²) in [6.45, 7) is 7.19. The van der Waals surface area contributed by atoms with Crippen molar-refractivity contribution in [1.82, 2.24) is 9.47 Å². The normalized spacial score (nSPS) is 14.4. The van der Waals surface area contributed by atoms with E-state index in [1.165, 1.54) is 42.5 Å². The highest BCUT2D eigenvalue weighted by atomic mass is 127. The molecule has 43 heavy (non-hydrogen) atoms. The number of nitrogens with one attached hydrogen (secondary N) is 1. The van der Waals surface area contributed by atoms with E-state index in [1.807, 2.05) is 19.9 Å². The minimum Gasteiger partial charge on any atom is -0.326 e. The van der Waals surface area contributed by atoms with Gasteiger partial charge in [0.2, 0.25) is 5.91 Å². The van der Waals surface area contributed by atoms with E-state index in [9.17, 15) is 4.79 Å². The lowest BCUT2D eigenvalue weighted by Crippen LogP contribution is -2.33. The van der Waals surface area contributed by atoms with E-state index in [-0.39, 0.29) is 11.8 Å². The summed E-state index contributed by atoms with van der Waals surface area (Å²) in [5.74, 6) is 0.599. The van der Waals surface area contributed by atoms with Crippen LogP contribution in [0.25, 0.3) is 27.8 Å². The molecule has 0 aliphatic carbocycles. The van der Waals surface area contributed by atoms with Crippen LogP contribution in [0.15, 0.2) is 103 Å². The number of hydrogen-bond donors (Lipinski definition) is 1. The van der Waals surface area contributed by atoms with Crippen LogP contribution in [0.1, 0.15) is 50.2 Å². The summed E-state index contributed by atoms with van der Waals surface area (Å²) in [5, 5.41) is 4.42. The van der Waals surface area contributed by atoms with Crippen LogP contribution in [0.2, 0.25) is 0 Å². The molecule has 1 N–H and O–H groups in total. The van der Waals surface area contributed by atoms with Gasteiger partial charge in [0, 0.05) is 26.2 Å². The van der Waals surface area contributed by atoms with Gasteiger partial charge in [-0.25, -0.2) is 0 Å². The topological polar surface area (TPSA) is 37.3 Å². The second kappa shape index (κ2) is 13.5. The van der Waals surface area contributed by atoms with Crippen molar-refractivity contribution in [3.63, 3.8) is 0 Å². The predicted molar refractivity (Wildman–Crippen MR) is 188 cm³/mol. The van der Waals surface area contributed by atoms with Gasteiger partial charge in [-0.05, 0) is 133 Å². The number of likely N-dealkylation sites (tertiary alicyclic amines) is 1. The van der Waals surface area contributed by atoms with E-state index in [2.05, 4.69) is 134 Å². The fraction of sp³-hybridized carbons (Fsp3) is 0.289. The summed E-state index contributed by atoms with van der Waals surface area (Å²) in [6.07, 6.45) is 4.48. The summed E-state index contributed by atoms with van der Waals surface area (Å²) < 4.78 is 3.71. The van der Waals surface area contributed by atoms with E-state index in [4.69, 9.17) is 0 Å². The molecule has 1 aliphatic heterocycles. The molecule has 5 aromatic rings. The largest absolute Gasteiger partial charge is 0.326 e. The number of piperidine rings is 1. The Kier molecular flexibility index (Phi) is 9.29. The van der Waals surface area contributed by atoms with Crippen molar-refractivity contribution < 1.29 is 4.79 Å². The number of halogens is 1. The SMILES string of the molecule is CC(C)C(=O)Nc1cccc(C2CCN(CCCc3c(-c4ccc(I)cc4)n(-c4ccccc4)c4ccccc34)CC2)c1. The lowest BCUT2D eigenvalue weighted by atomic mass is 9.89. The fourth-order valence-electron chi connectivity index (χ4n) is 6.44. The third kappa shape index (κ3) is 6.73. The zero-order valence-corrected chi connectivity index (χ0v) is 27.3. The molecule has 0 radical (unpaired) electrons. The van der Waals surface area contributed by atoms with E-state index in [0.29, 0.717) is 5.92 Å². The van der Waals surface area contributed by atoms with Gasteiger partial charge in [0.05, 0.1) is 11.2 Å². The first kappa shape index (κ1) is 29.6. The number of carbonyl (C=O) groups excluding carboxylic acids is 1. The molecular formula is C38H40IN3O. The maximum atomic E-state index is 12.2. The van der Waals surface area contributed by atoms with Crippen molar-refractivity contribution in [2.45, 2.75) is 45.4 Å². The van der Waals surface area contributed by atoms with Crippen molar-refractivity contribution in [1.29, 1.82) is 0 Å². The van der Waals surface area contributed by atoms with Crippen LogP contribution in [0.3, 0.4) is 0 Å². The number of benzene rings is 4. The number of amides is 1. The summed E-state index contributed by atoms with van der Waals surface area (Å²) in [7, 11) is 0. The van der Waals surface area contributed by atoms with Crippen molar-refractivity contribution in [3.8, 4) is 16.9 Å². The molecule has 220 valence electrons. The Morgan fingerprint density at radius 3 is 2.35 bits per heavy atom. The van der Waals surface area contributed by atoms with Crippen LogP contribution in [0, 0.1) is 9.49 Å². The Labute approximate surface area is 269 Å². The molecule has 0 spiro atoms. The predicted octanol–water partition coefficient (Wildman–Crippen LogP) is 9.31. The Morgan fingerprint density at radius 1 is 0.884 bits per heavy atom. The highest BCUT2D eigenvalue weighted by Gasteiger charge is 2.23. The minimum atomic E-state index is -0.0190. The van der Waals surface area contributed by atoms with Gasteiger partial charge in [0.15, 0.2) is 0 Å². The Balaban J connectivity index is 1.17. The van der Waals surface area contributed by atoms with Crippen molar-refractivity contribution in [3.05, 3.63) is 118 Å². The van der Waals surface area contributed by atoms with Crippen LogP contribution in [-0.4, -0.2) is 35.0 Å². The molecular weight excluding hydrogens is 641 g/mol. The fourth-order valence-corrected chi connectivity index (χ4v) is 6.80. The molecule has 1 aromatic heterocycles. The third-order valence-corrected chi connectivity index (χ3v) is 9.47. The lowest BCUT2D eigenvalue weighted by Gasteiger charge is -2.32. The average Bonchev–Trinajstić information content (AvgIpc) is 3.36. The third-order valence-electron chi connectivity index (χ3n) is 8.75. The number of aromatic nitrogens is 1. The monoisotopic (exact) mass is 681 g/mol.